The lowest BCUT2D eigenvalue weighted by Gasteiger charge is -2.17. The van der Waals surface area contributed by atoms with Gasteiger partial charge in [-0.3, -0.25) is 4.90 Å². The fourth-order valence-corrected chi connectivity index (χ4v) is 2.23. The molecule has 1 aromatic carbocycles. The SMILES string of the molecule is O=C(O)c1ccc2c(c1)N(C(=O)NCc1nn[nH]n1)CC2. The largest absolute Gasteiger partial charge is 0.478 e. The van der Waals surface area contributed by atoms with E-state index >= 15 is 0 Å². The number of rotatable bonds is 3. The lowest BCUT2D eigenvalue weighted by atomic mass is 10.1. The minimum Gasteiger partial charge on any atom is -0.478 e. The highest BCUT2D eigenvalue weighted by molar-refractivity contribution is 5.96. The topological polar surface area (TPSA) is 124 Å². The number of urea groups is 1. The monoisotopic (exact) mass is 288 g/mol. The van der Waals surface area contributed by atoms with Gasteiger partial charge in [0.15, 0.2) is 5.82 Å². The number of carbonyl (C=O) groups excluding carboxylic acids is 1. The zero-order valence-corrected chi connectivity index (χ0v) is 10.9. The van der Waals surface area contributed by atoms with Gasteiger partial charge in [0.2, 0.25) is 0 Å². The molecule has 9 heteroatoms. The predicted octanol–water partition coefficient (Wildman–Crippen LogP) is 0.170. The number of hydrogen-bond donors (Lipinski definition) is 3. The molecule has 2 aromatic rings. The molecule has 0 radical (unpaired) electrons. The fourth-order valence-electron chi connectivity index (χ4n) is 2.23. The van der Waals surface area contributed by atoms with Crippen molar-refractivity contribution < 1.29 is 14.7 Å². The van der Waals surface area contributed by atoms with Crippen LogP contribution in [0.4, 0.5) is 10.5 Å². The Hall–Kier alpha value is -2.97. The van der Waals surface area contributed by atoms with E-state index in [1.54, 1.807) is 12.1 Å². The summed E-state index contributed by atoms with van der Waals surface area (Å²) in [7, 11) is 0. The number of nitrogens with zero attached hydrogens (tertiary/aromatic N) is 4. The average Bonchev–Trinajstić information content (AvgIpc) is 3.13. The molecule has 108 valence electrons. The van der Waals surface area contributed by atoms with Crippen LogP contribution < -0.4 is 10.2 Å². The Morgan fingerprint density at radius 3 is 3.00 bits per heavy atom. The molecule has 3 N–H and O–H groups in total. The summed E-state index contributed by atoms with van der Waals surface area (Å²) >= 11 is 0. The van der Waals surface area contributed by atoms with Crippen molar-refractivity contribution in [2.45, 2.75) is 13.0 Å². The van der Waals surface area contributed by atoms with Gasteiger partial charge in [0.25, 0.3) is 0 Å². The van der Waals surface area contributed by atoms with Crippen LogP contribution in [0.3, 0.4) is 0 Å². The van der Waals surface area contributed by atoms with Gasteiger partial charge in [-0.05, 0) is 24.1 Å². The molecule has 0 spiro atoms. The third-order valence-corrected chi connectivity index (χ3v) is 3.26. The third-order valence-electron chi connectivity index (χ3n) is 3.26. The molecule has 0 atom stereocenters. The summed E-state index contributed by atoms with van der Waals surface area (Å²) in [6.45, 7) is 0.663. The molecule has 1 aliphatic rings. The van der Waals surface area contributed by atoms with Crippen LogP contribution in [0.15, 0.2) is 18.2 Å². The number of carboxylic acid groups (broad SMARTS) is 1. The van der Waals surface area contributed by atoms with E-state index in [4.69, 9.17) is 5.11 Å². The van der Waals surface area contributed by atoms with Gasteiger partial charge in [0, 0.05) is 12.2 Å². The quantitative estimate of drug-likeness (QED) is 0.739. The predicted molar refractivity (Wildman–Crippen MR) is 70.9 cm³/mol. The van der Waals surface area contributed by atoms with Crippen LogP contribution in [0.2, 0.25) is 0 Å². The fraction of sp³-hybridized carbons (Fsp3) is 0.250. The Morgan fingerprint density at radius 2 is 2.29 bits per heavy atom. The number of fused-ring (bicyclic) bond motifs is 1. The lowest BCUT2D eigenvalue weighted by molar-refractivity contribution is 0.0697. The first kappa shape index (κ1) is 13.0. The molecule has 2 amide bonds. The van der Waals surface area contributed by atoms with Gasteiger partial charge < -0.3 is 10.4 Å². The minimum atomic E-state index is -1.02. The van der Waals surface area contributed by atoms with Crippen LogP contribution in [0.1, 0.15) is 21.7 Å². The van der Waals surface area contributed by atoms with Gasteiger partial charge in [0.1, 0.15) is 0 Å². The number of hydrogen-bond acceptors (Lipinski definition) is 5. The number of aromatic carboxylic acids is 1. The van der Waals surface area contributed by atoms with E-state index in [1.165, 1.54) is 11.0 Å². The minimum absolute atomic E-state index is 0.153. The first-order valence-electron chi connectivity index (χ1n) is 6.29. The second-order valence-electron chi connectivity index (χ2n) is 4.54. The molecule has 0 saturated heterocycles. The molecule has 0 aliphatic carbocycles. The molecular formula is C12H12N6O3. The summed E-state index contributed by atoms with van der Waals surface area (Å²) in [5.41, 5.74) is 1.74. The van der Waals surface area contributed by atoms with Crippen LogP contribution in [-0.2, 0) is 13.0 Å². The molecule has 0 bridgehead atoms. The highest BCUT2D eigenvalue weighted by Crippen LogP contribution is 2.29. The Bertz CT molecular complexity index is 684. The maximum Gasteiger partial charge on any atom is 0.335 e. The number of tetrazole rings is 1. The van der Waals surface area contributed by atoms with Gasteiger partial charge in [-0.1, -0.05) is 11.3 Å². The normalized spacial score (nSPS) is 13.0. The molecule has 9 nitrogen and oxygen atoms in total. The van der Waals surface area contributed by atoms with Crippen LogP contribution in [-0.4, -0.2) is 44.3 Å². The summed E-state index contributed by atoms with van der Waals surface area (Å²) in [5, 5.41) is 24.9. The highest BCUT2D eigenvalue weighted by Gasteiger charge is 2.25. The summed E-state index contributed by atoms with van der Waals surface area (Å²) in [4.78, 5) is 24.7. The number of aromatic nitrogens is 4. The van der Waals surface area contributed by atoms with Crippen molar-refractivity contribution in [3.05, 3.63) is 35.2 Å². The molecule has 1 aromatic heterocycles. The molecule has 0 saturated carbocycles. The number of carboxylic acids is 1. The summed E-state index contributed by atoms with van der Waals surface area (Å²) < 4.78 is 0. The highest BCUT2D eigenvalue weighted by atomic mass is 16.4. The molecular weight excluding hydrogens is 276 g/mol. The molecule has 21 heavy (non-hydrogen) atoms. The van der Waals surface area contributed by atoms with Crippen LogP contribution in [0.25, 0.3) is 0 Å². The van der Waals surface area contributed by atoms with Crippen LogP contribution in [0, 0.1) is 0 Å². The zero-order valence-electron chi connectivity index (χ0n) is 10.9. The van der Waals surface area contributed by atoms with E-state index in [1.807, 2.05) is 0 Å². The Balaban J connectivity index is 1.75. The van der Waals surface area contributed by atoms with Gasteiger partial charge in [0.05, 0.1) is 12.1 Å². The first-order chi connectivity index (χ1) is 10.1. The standard InChI is InChI=1S/C12H12N6O3/c19-11(20)8-2-1-7-3-4-18(9(7)5-8)12(21)13-6-10-14-16-17-15-10/h1-2,5H,3-4,6H2,(H,13,21)(H,19,20)(H,14,15,16,17). The molecule has 0 fully saturated rings. The van der Waals surface area contributed by atoms with E-state index in [-0.39, 0.29) is 18.1 Å². The summed E-state index contributed by atoms with van der Waals surface area (Å²) in [6.07, 6.45) is 0.699. The van der Waals surface area contributed by atoms with Gasteiger partial charge in [-0.15, -0.1) is 10.2 Å². The zero-order chi connectivity index (χ0) is 14.8. The van der Waals surface area contributed by atoms with Crippen molar-refractivity contribution in [2.24, 2.45) is 0 Å². The van der Waals surface area contributed by atoms with Crippen LogP contribution >= 0.6 is 0 Å². The number of benzene rings is 1. The van der Waals surface area contributed by atoms with E-state index in [2.05, 4.69) is 25.9 Å². The Kier molecular flexibility index (Phi) is 3.22. The van der Waals surface area contributed by atoms with E-state index in [0.717, 1.165) is 5.56 Å². The smallest absolute Gasteiger partial charge is 0.335 e. The van der Waals surface area contributed by atoms with Crippen molar-refractivity contribution in [3.8, 4) is 0 Å². The maximum atomic E-state index is 12.2. The second-order valence-corrected chi connectivity index (χ2v) is 4.54. The van der Waals surface area contributed by atoms with E-state index in [0.29, 0.717) is 24.5 Å². The molecule has 1 aliphatic heterocycles. The number of amides is 2. The van der Waals surface area contributed by atoms with Gasteiger partial charge >= 0.3 is 12.0 Å². The van der Waals surface area contributed by atoms with Crippen LogP contribution in [0.5, 0.6) is 0 Å². The number of anilines is 1. The van der Waals surface area contributed by atoms with Crippen molar-refractivity contribution in [2.75, 3.05) is 11.4 Å². The van der Waals surface area contributed by atoms with Gasteiger partial charge in [-0.2, -0.15) is 5.21 Å². The number of H-pyrrole nitrogens is 1. The molecule has 0 unspecified atom stereocenters. The Labute approximate surface area is 119 Å². The second kappa shape index (κ2) is 5.19. The van der Waals surface area contributed by atoms with Crippen molar-refractivity contribution in [3.63, 3.8) is 0 Å². The number of carbonyl (C=O) groups is 2. The number of aromatic amines is 1. The van der Waals surface area contributed by atoms with E-state index < -0.39 is 5.97 Å². The third kappa shape index (κ3) is 2.53. The molecule has 2 heterocycles. The maximum absolute atomic E-state index is 12.2. The van der Waals surface area contributed by atoms with E-state index in [9.17, 15) is 9.59 Å². The summed E-state index contributed by atoms with van der Waals surface area (Å²) in [6, 6.07) is 4.48. The first-order valence-corrected chi connectivity index (χ1v) is 6.29. The lowest BCUT2D eigenvalue weighted by Crippen LogP contribution is -2.38. The molecule has 3 rings (SSSR count). The van der Waals surface area contributed by atoms with Gasteiger partial charge in [-0.25, -0.2) is 9.59 Å². The van der Waals surface area contributed by atoms with Crippen molar-refractivity contribution in [1.82, 2.24) is 25.9 Å². The van der Waals surface area contributed by atoms with Crippen molar-refractivity contribution >= 4 is 17.7 Å². The Morgan fingerprint density at radius 1 is 1.43 bits per heavy atom. The van der Waals surface area contributed by atoms with Crippen molar-refractivity contribution in [1.29, 1.82) is 0 Å². The summed E-state index contributed by atoms with van der Waals surface area (Å²) in [5.74, 6) is -0.640. The average molecular weight is 288 g/mol. The number of nitrogens with one attached hydrogen (secondary N) is 2.